The summed E-state index contributed by atoms with van der Waals surface area (Å²) < 4.78 is 1.69. The van der Waals surface area contributed by atoms with E-state index in [1.165, 1.54) is 0 Å². The van der Waals surface area contributed by atoms with Crippen molar-refractivity contribution >= 4 is 5.69 Å². The molecule has 0 aliphatic rings. The van der Waals surface area contributed by atoms with E-state index in [-0.39, 0.29) is 0 Å². The van der Waals surface area contributed by atoms with Crippen molar-refractivity contribution < 1.29 is 0 Å². The zero-order valence-electron chi connectivity index (χ0n) is 11.1. The summed E-state index contributed by atoms with van der Waals surface area (Å²) in [6.07, 6.45) is 3.85. The fraction of sp³-hybridized carbons (Fsp3) is 0.462. The van der Waals surface area contributed by atoms with Gasteiger partial charge >= 0.3 is 0 Å². The van der Waals surface area contributed by atoms with Gasteiger partial charge in [-0.05, 0) is 47.9 Å². The average Bonchev–Trinajstić information content (AvgIpc) is 2.91. The second kappa shape index (κ2) is 5.62. The highest BCUT2D eigenvalue weighted by molar-refractivity contribution is 5.54. The molecular formula is C13H19N5. The Kier molecular flexibility index (Phi) is 3.92. The molecule has 0 atom stereocenters. The van der Waals surface area contributed by atoms with Crippen LogP contribution in [0.25, 0.3) is 5.69 Å². The molecule has 0 bridgehead atoms. The van der Waals surface area contributed by atoms with E-state index in [4.69, 9.17) is 0 Å². The Morgan fingerprint density at radius 2 is 2.06 bits per heavy atom. The van der Waals surface area contributed by atoms with Crippen LogP contribution in [0.1, 0.15) is 32.3 Å². The van der Waals surface area contributed by atoms with Crippen molar-refractivity contribution in [3.8, 4) is 5.69 Å². The standard InChI is InChI=1S/C13H19N5/c1-4-11(5-2)15-12-7-6-10(3)13(8-12)18-9-14-16-17-18/h6-9,11,15H,4-5H2,1-3H3. The van der Waals surface area contributed by atoms with Crippen molar-refractivity contribution in [2.45, 2.75) is 39.7 Å². The molecule has 1 aromatic heterocycles. The van der Waals surface area contributed by atoms with Gasteiger partial charge in [0.1, 0.15) is 6.33 Å². The number of aryl methyl sites for hydroxylation is 1. The molecule has 0 saturated heterocycles. The first-order valence-corrected chi connectivity index (χ1v) is 6.35. The van der Waals surface area contributed by atoms with Crippen molar-refractivity contribution in [3.05, 3.63) is 30.1 Å². The minimum absolute atomic E-state index is 0.509. The number of rotatable bonds is 5. The first-order chi connectivity index (χ1) is 8.74. The molecule has 0 spiro atoms. The molecule has 0 amide bonds. The van der Waals surface area contributed by atoms with E-state index in [9.17, 15) is 0 Å². The normalized spacial score (nSPS) is 10.9. The predicted molar refractivity (Wildman–Crippen MR) is 71.9 cm³/mol. The van der Waals surface area contributed by atoms with Crippen molar-refractivity contribution in [2.75, 3.05) is 5.32 Å². The van der Waals surface area contributed by atoms with Crippen LogP contribution in [0.4, 0.5) is 5.69 Å². The van der Waals surface area contributed by atoms with Crippen LogP contribution >= 0.6 is 0 Å². The quantitative estimate of drug-likeness (QED) is 0.879. The van der Waals surface area contributed by atoms with E-state index in [0.717, 1.165) is 29.8 Å². The molecule has 1 aromatic carbocycles. The Balaban J connectivity index is 2.27. The van der Waals surface area contributed by atoms with Crippen LogP contribution in [-0.4, -0.2) is 26.2 Å². The van der Waals surface area contributed by atoms with Crippen LogP contribution in [0.5, 0.6) is 0 Å². The van der Waals surface area contributed by atoms with Gasteiger partial charge < -0.3 is 5.32 Å². The first-order valence-electron chi connectivity index (χ1n) is 6.35. The lowest BCUT2D eigenvalue weighted by atomic mass is 10.1. The number of benzene rings is 1. The van der Waals surface area contributed by atoms with Crippen molar-refractivity contribution in [1.82, 2.24) is 20.2 Å². The Hall–Kier alpha value is -1.91. The summed E-state index contributed by atoms with van der Waals surface area (Å²) in [5.41, 5.74) is 3.27. The third kappa shape index (κ3) is 2.67. The summed E-state index contributed by atoms with van der Waals surface area (Å²) in [6, 6.07) is 6.78. The molecule has 2 rings (SSSR count). The first kappa shape index (κ1) is 12.5. The summed E-state index contributed by atoms with van der Waals surface area (Å²) in [7, 11) is 0. The largest absolute Gasteiger partial charge is 0.382 e. The van der Waals surface area contributed by atoms with Crippen LogP contribution in [-0.2, 0) is 0 Å². The Labute approximate surface area is 107 Å². The second-order valence-electron chi connectivity index (χ2n) is 4.41. The summed E-state index contributed by atoms with van der Waals surface area (Å²) in [5.74, 6) is 0. The van der Waals surface area contributed by atoms with Gasteiger partial charge in [0.15, 0.2) is 0 Å². The van der Waals surface area contributed by atoms with E-state index < -0.39 is 0 Å². The maximum Gasteiger partial charge on any atom is 0.143 e. The van der Waals surface area contributed by atoms with Crippen LogP contribution in [0.2, 0.25) is 0 Å². The smallest absolute Gasteiger partial charge is 0.143 e. The molecule has 5 heteroatoms. The maximum absolute atomic E-state index is 3.94. The fourth-order valence-corrected chi connectivity index (χ4v) is 1.95. The average molecular weight is 245 g/mol. The van der Waals surface area contributed by atoms with Gasteiger partial charge in [-0.2, -0.15) is 0 Å². The van der Waals surface area contributed by atoms with Crippen molar-refractivity contribution in [1.29, 1.82) is 0 Å². The van der Waals surface area contributed by atoms with E-state index in [2.05, 4.69) is 59.8 Å². The molecular weight excluding hydrogens is 226 g/mol. The Morgan fingerprint density at radius 1 is 1.28 bits per heavy atom. The lowest BCUT2D eigenvalue weighted by molar-refractivity contribution is 0.671. The van der Waals surface area contributed by atoms with Crippen LogP contribution in [0.3, 0.4) is 0 Å². The number of aromatic nitrogens is 4. The molecule has 5 nitrogen and oxygen atoms in total. The third-order valence-electron chi connectivity index (χ3n) is 3.16. The fourth-order valence-electron chi connectivity index (χ4n) is 1.95. The number of anilines is 1. The van der Waals surface area contributed by atoms with Crippen LogP contribution in [0.15, 0.2) is 24.5 Å². The summed E-state index contributed by atoms with van der Waals surface area (Å²) in [6.45, 7) is 6.44. The number of nitrogens with one attached hydrogen (secondary N) is 1. The predicted octanol–water partition coefficient (Wildman–Crippen LogP) is 2.57. The topological polar surface area (TPSA) is 55.6 Å². The molecule has 0 fully saturated rings. The van der Waals surface area contributed by atoms with Gasteiger partial charge in [-0.25, -0.2) is 4.68 Å². The van der Waals surface area contributed by atoms with Crippen LogP contribution in [0, 0.1) is 6.92 Å². The monoisotopic (exact) mass is 245 g/mol. The summed E-state index contributed by atoms with van der Waals surface area (Å²) in [4.78, 5) is 0. The van der Waals surface area contributed by atoms with Gasteiger partial charge in [-0.3, -0.25) is 0 Å². The molecule has 2 aromatic rings. The third-order valence-corrected chi connectivity index (χ3v) is 3.16. The second-order valence-corrected chi connectivity index (χ2v) is 4.41. The zero-order valence-corrected chi connectivity index (χ0v) is 11.1. The van der Waals surface area contributed by atoms with Gasteiger partial charge in [-0.1, -0.05) is 19.9 Å². The van der Waals surface area contributed by atoms with E-state index >= 15 is 0 Å². The van der Waals surface area contributed by atoms with E-state index in [1.54, 1.807) is 11.0 Å². The van der Waals surface area contributed by atoms with E-state index in [1.807, 2.05) is 0 Å². The molecule has 96 valence electrons. The minimum atomic E-state index is 0.509. The van der Waals surface area contributed by atoms with Crippen LogP contribution < -0.4 is 5.32 Å². The number of nitrogens with zero attached hydrogens (tertiary/aromatic N) is 4. The van der Waals surface area contributed by atoms with Gasteiger partial charge in [0.05, 0.1) is 5.69 Å². The van der Waals surface area contributed by atoms with Gasteiger partial charge in [0, 0.05) is 11.7 Å². The lowest BCUT2D eigenvalue weighted by Crippen LogP contribution is -2.17. The number of tetrazole rings is 1. The highest BCUT2D eigenvalue weighted by atomic mass is 15.5. The molecule has 0 aliphatic carbocycles. The zero-order chi connectivity index (χ0) is 13.0. The molecule has 1 heterocycles. The summed E-state index contributed by atoms with van der Waals surface area (Å²) >= 11 is 0. The number of hydrogen-bond acceptors (Lipinski definition) is 4. The van der Waals surface area contributed by atoms with Crippen molar-refractivity contribution in [3.63, 3.8) is 0 Å². The highest BCUT2D eigenvalue weighted by Crippen LogP contribution is 2.19. The summed E-state index contributed by atoms with van der Waals surface area (Å²) in [5, 5.41) is 14.8. The highest BCUT2D eigenvalue weighted by Gasteiger charge is 2.07. The molecule has 0 aliphatic heterocycles. The molecule has 18 heavy (non-hydrogen) atoms. The molecule has 0 saturated carbocycles. The molecule has 0 radical (unpaired) electrons. The Bertz CT molecular complexity index is 488. The minimum Gasteiger partial charge on any atom is -0.382 e. The molecule has 0 unspecified atom stereocenters. The molecule has 1 N–H and O–H groups in total. The SMILES string of the molecule is CCC(CC)Nc1ccc(C)c(-n2cnnn2)c1. The Morgan fingerprint density at radius 3 is 2.67 bits per heavy atom. The van der Waals surface area contributed by atoms with Crippen molar-refractivity contribution in [2.24, 2.45) is 0 Å². The maximum atomic E-state index is 3.94. The lowest BCUT2D eigenvalue weighted by Gasteiger charge is -2.17. The van der Waals surface area contributed by atoms with E-state index in [0.29, 0.717) is 6.04 Å². The van der Waals surface area contributed by atoms with Gasteiger partial charge in [0.2, 0.25) is 0 Å². The van der Waals surface area contributed by atoms with Gasteiger partial charge in [0.25, 0.3) is 0 Å². The number of hydrogen-bond donors (Lipinski definition) is 1. The van der Waals surface area contributed by atoms with Gasteiger partial charge in [-0.15, -0.1) is 5.10 Å².